The Hall–Kier alpha value is -0.0800. The Labute approximate surface area is 119 Å². The van der Waals surface area contributed by atoms with Crippen molar-refractivity contribution in [1.82, 2.24) is 10.2 Å². The van der Waals surface area contributed by atoms with E-state index in [1.165, 1.54) is 71.1 Å². The minimum Gasteiger partial charge on any atom is -0.310 e. The first kappa shape index (κ1) is 13.9. The lowest BCUT2D eigenvalue weighted by Gasteiger charge is -2.38. The molecule has 2 heteroatoms. The van der Waals surface area contributed by atoms with E-state index in [2.05, 4.69) is 24.1 Å². The monoisotopic (exact) mass is 264 g/mol. The van der Waals surface area contributed by atoms with Gasteiger partial charge in [0.1, 0.15) is 0 Å². The van der Waals surface area contributed by atoms with Gasteiger partial charge < -0.3 is 10.2 Å². The summed E-state index contributed by atoms with van der Waals surface area (Å²) in [5.74, 6) is 2.88. The van der Waals surface area contributed by atoms with Crippen LogP contribution in [0.15, 0.2) is 0 Å². The van der Waals surface area contributed by atoms with Gasteiger partial charge >= 0.3 is 0 Å². The molecule has 0 amide bonds. The van der Waals surface area contributed by atoms with Gasteiger partial charge in [0.15, 0.2) is 0 Å². The lowest BCUT2D eigenvalue weighted by Crippen LogP contribution is -2.51. The molecule has 0 aromatic rings. The quantitative estimate of drug-likeness (QED) is 0.841. The van der Waals surface area contributed by atoms with Gasteiger partial charge in [0.25, 0.3) is 0 Å². The summed E-state index contributed by atoms with van der Waals surface area (Å²) in [6, 6.07) is 0. The molecule has 2 saturated carbocycles. The number of hydrogen-bond donors (Lipinski definition) is 1. The number of nitrogens with zero attached hydrogens (tertiary/aromatic N) is 1. The van der Waals surface area contributed by atoms with Gasteiger partial charge in [0, 0.05) is 18.6 Å². The van der Waals surface area contributed by atoms with Crippen molar-refractivity contribution >= 4 is 0 Å². The molecule has 19 heavy (non-hydrogen) atoms. The standard InChI is InChI=1S/C17H32N2/c1-14-6-3-4-7-15(14)12-19-11-5-10-18-17(2,13-19)16-8-9-16/h14-16,18H,3-13H2,1-2H3. The average molecular weight is 264 g/mol. The summed E-state index contributed by atoms with van der Waals surface area (Å²) in [4.78, 5) is 2.80. The fraction of sp³-hybridized carbons (Fsp3) is 1.00. The molecule has 3 unspecified atom stereocenters. The Morgan fingerprint density at radius 3 is 2.63 bits per heavy atom. The van der Waals surface area contributed by atoms with Crippen LogP contribution in [0.25, 0.3) is 0 Å². The molecule has 1 saturated heterocycles. The average Bonchev–Trinajstić information content (AvgIpc) is 3.20. The highest BCUT2D eigenvalue weighted by atomic mass is 15.2. The van der Waals surface area contributed by atoms with Crippen LogP contribution in [0.1, 0.15) is 58.8 Å². The van der Waals surface area contributed by atoms with Crippen LogP contribution in [-0.2, 0) is 0 Å². The van der Waals surface area contributed by atoms with Crippen molar-refractivity contribution in [3.8, 4) is 0 Å². The summed E-state index contributed by atoms with van der Waals surface area (Å²) in [5, 5.41) is 3.86. The van der Waals surface area contributed by atoms with Crippen LogP contribution in [0.5, 0.6) is 0 Å². The van der Waals surface area contributed by atoms with Crippen LogP contribution < -0.4 is 5.32 Å². The van der Waals surface area contributed by atoms with Crippen LogP contribution in [0.4, 0.5) is 0 Å². The van der Waals surface area contributed by atoms with Gasteiger partial charge in [-0.25, -0.2) is 0 Å². The molecule has 0 bridgehead atoms. The van der Waals surface area contributed by atoms with Crippen LogP contribution in [0.2, 0.25) is 0 Å². The van der Waals surface area contributed by atoms with Crippen molar-refractivity contribution < 1.29 is 0 Å². The normalized spacial score (nSPS) is 42.0. The van der Waals surface area contributed by atoms with Crippen LogP contribution >= 0.6 is 0 Å². The molecule has 0 aromatic carbocycles. The maximum Gasteiger partial charge on any atom is 0.0308 e. The minimum absolute atomic E-state index is 0.411. The third kappa shape index (κ3) is 3.33. The van der Waals surface area contributed by atoms with Gasteiger partial charge in [-0.3, -0.25) is 0 Å². The van der Waals surface area contributed by atoms with Gasteiger partial charge in [-0.15, -0.1) is 0 Å². The van der Waals surface area contributed by atoms with Gasteiger partial charge in [-0.2, -0.15) is 0 Å². The molecule has 0 spiro atoms. The van der Waals surface area contributed by atoms with Crippen LogP contribution in [0, 0.1) is 17.8 Å². The minimum atomic E-state index is 0.411. The van der Waals surface area contributed by atoms with E-state index in [0.29, 0.717) is 5.54 Å². The largest absolute Gasteiger partial charge is 0.310 e. The molecule has 2 nitrogen and oxygen atoms in total. The van der Waals surface area contributed by atoms with Crippen LogP contribution in [0.3, 0.4) is 0 Å². The van der Waals surface area contributed by atoms with Crippen LogP contribution in [-0.4, -0.2) is 36.6 Å². The van der Waals surface area contributed by atoms with Crippen molar-refractivity contribution in [1.29, 1.82) is 0 Å². The number of rotatable bonds is 3. The first-order valence-corrected chi connectivity index (χ1v) is 8.65. The molecular formula is C17H32N2. The predicted molar refractivity (Wildman–Crippen MR) is 81.3 cm³/mol. The molecular weight excluding hydrogens is 232 g/mol. The maximum atomic E-state index is 3.86. The summed E-state index contributed by atoms with van der Waals surface area (Å²) in [7, 11) is 0. The highest BCUT2D eigenvalue weighted by Crippen LogP contribution is 2.41. The molecule has 3 fully saturated rings. The molecule has 3 atom stereocenters. The third-order valence-corrected chi connectivity index (χ3v) is 5.99. The first-order chi connectivity index (χ1) is 9.17. The SMILES string of the molecule is CC1CCCCC1CN1CCCNC(C)(C2CC2)C1. The molecule has 1 heterocycles. The second kappa shape index (κ2) is 5.73. The third-order valence-electron chi connectivity index (χ3n) is 5.99. The van der Waals surface area contributed by atoms with E-state index in [0.717, 1.165) is 17.8 Å². The summed E-state index contributed by atoms with van der Waals surface area (Å²) >= 11 is 0. The zero-order valence-corrected chi connectivity index (χ0v) is 13.0. The summed E-state index contributed by atoms with van der Waals surface area (Å²) in [5.41, 5.74) is 0.411. The summed E-state index contributed by atoms with van der Waals surface area (Å²) < 4.78 is 0. The van der Waals surface area contributed by atoms with E-state index >= 15 is 0 Å². The van der Waals surface area contributed by atoms with Crippen molar-refractivity contribution in [3.63, 3.8) is 0 Å². The van der Waals surface area contributed by atoms with Gasteiger partial charge in [-0.1, -0.05) is 26.2 Å². The van der Waals surface area contributed by atoms with E-state index in [9.17, 15) is 0 Å². The Kier molecular flexibility index (Phi) is 4.19. The number of nitrogens with one attached hydrogen (secondary N) is 1. The Morgan fingerprint density at radius 2 is 1.89 bits per heavy atom. The smallest absolute Gasteiger partial charge is 0.0308 e. The first-order valence-electron chi connectivity index (χ1n) is 8.65. The van der Waals surface area contributed by atoms with Gasteiger partial charge in [0.05, 0.1) is 0 Å². The molecule has 0 aromatic heterocycles. The van der Waals surface area contributed by atoms with Crippen molar-refractivity contribution in [2.24, 2.45) is 17.8 Å². The summed E-state index contributed by atoms with van der Waals surface area (Å²) in [6.07, 6.45) is 10.1. The highest BCUT2D eigenvalue weighted by molar-refractivity contribution is 5.01. The zero-order chi connectivity index (χ0) is 13.3. The van der Waals surface area contributed by atoms with Crippen molar-refractivity contribution in [2.75, 3.05) is 26.2 Å². The Morgan fingerprint density at radius 1 is 1.11 bits per heavy atom. The zero-order valence-electron chi connectivity index (χ0n) is 13.0. The molecule has 3 aliphatic rings. The lowest BCUT2D eigenvalue weighted by molar-refractivity contribution is 0.135. The Bertz CT molecular complexity index is 300. The van der Waals surface area contributed by atoms with Gasteiger partial charge in [-0.05, 0) is 63.5 Å². The van der Waals surface area contributed by atoms with E-state index in [1.54, 1.807) is 0 Å². The molecule has 2 aliphatic carbocycles. The fourth-order valence-corrected chi connectivity index (χ4v) is 4.42. The van der Waals surface area contributed by atoms with E-state index < -0.39 is 0 Å². The van der Waals surface area contributed by atoms with E-state index in [4.69, 9.17) is 0 Å². The molecule has 110 valence electrons. The lowest BCUT2D eigenvalue weighted by atomic mass is 9.80. The Balaban J connectivity index is 1.59. The van der Waals surface area contributed by atoms with Gasteiger partial charge in [0.2, 0.25) is 0 Å². The number of hydrogen-bond acceptors (Lipinski definition) is 2. The molecule has 1 aliphatic heterocycles. The summed E-state index contributed by atoms with van der Waals surface area (Å²) in [6.45, 7) is 10.2. The molecule has 1 N–H and O–H groups in total. The second-order valence-corrected chi connectivity index (χ2v) is 7.73. The highest BCUT2D eigenvalue weighted by Gasteiger charge is 2.43. The molecule has 0 radical (unpaired) electrons. The maximum absolute atomic E-state index is 3.86. The topological polar surface area (TPSA) is 15.3 Å². The fourth-order valence-electron chi connectivity index (χ4n) is 4.42. The second-order valence-electron chi connectivity index (χ2n) is 7.73. The predicted octanol–water partition coefficient (Wildman–Crippen LogP) is 3.28. The van der Waals surface area contributed by atoms with Crippen molar-refractivity contribution in [2.45, 2.75) is 64.3 Å². The van der Waals surface area contributed by atoms with E-state index in [-0.39, 0.29) is 0 Å². The van der Waals surface area contributed by atoms with Crippen molar-refractivity contribution in [3.05, 3.63) is 0 Å². The molecule has 3 rings (SSSR count). The van der Waals surface area contributed by atoms with E-state index in [1.807, 2.05) is 0 Å².